The number of nitro benzene ring substituents is 1. The molecule has 1 aromatic carbocycles. The monoisotopic (exact) mass is 206 g/mol. The van der Waals surface area contributed by atoms with Gasteiger partial charge in [-0.25, -0.2) is 0 Å². The molecule has 0 aliphatic rings. The molecule has 0 heterocycles. The summed E-state index contributed by atoms with van der Waals surface area (Å²) in [5.41, 5.74) is 0.691. The molecule has 0 radical (unpaired) electrons. The van der Waals surface area contributed by atoms with Crippen LogP contribution in [-0.2, 0) is 4.79 Å². The molecule has 0 saturated carbocycles. The molecule has 0 aromatic heterocycles. The zero-order valence-corrected chi connectivity index (χ0v) is 8.19. The Labute approximate surface area is 86.6 Å². The smallest absolute Gasteiger partial charge is 0.293 e. The Balaban J connectivity index is 3.20. The molecule has 0 unspecified atom stereocenters. The minimum atomic E-state index is -0.543. The van der Waals surface area contributed by atoms with E-state index in [1.807, 2.05) is 0 Å². The van der Waals surface area contributed by atoms with Gasteiger partial charge in [0.05, 0.1) is 4.92 Å². The van der Waals surface area contributed by atoms with Gasteiger partial charge >= 0.3 is 0 Å². The Bertz CT molecular complexity index is 427. The molecule has 0 bridgehead atoms. The van der Waals surface area contributed by atoms with Crippen molar-refractivity contribution in [3.05, 3.63) is 40.5 Å². The molecule has 1 amide bonds. The number of hydrogen-bond donors (Lipinski definition) is 1. The first-order valence-electron chi connectivity index (χ1n) is 4.23. The highest BCUT2D eigenvalue weighted by Crippen LogP contribution is 2.25. The first kappa shape index (κ1) is 10.9. The third-order valence-corrected chi connectivity index (χ3v) is 1.76. The predicted octanol–water partition coefficient (Wildman–Crippen LogP) is 2.20. The van der Waals surface area contributed by atoms with Crippen LogP contribution in [-0.4, -0.2) is 10.8 Å². The zero-order chi connectivity index (χ0) is 11.4. The van der Waals surface area contributed by atoms with Crippen LogP contribution in [0.4, 0.5) is 11.4 Å². The number of anilines is 1. The molecule has 1 aromatic rings. The fraction of sp³-hybridized carbons (Fsp3) is 0.100. The van der Waals surface area contributed by atoms with Crippen LogP contribution in [0.15, 0.2) is 24.8 Å². The summed E-state index contributed by atoms with van der Waals surface area (Å²) in [5, 5.41) is 13.1. The van der Waals surface area contributed by atoms with E-state index in [1.54, 1.807) is 6.07 Å². The molecule has 0 fully saturated rings. The van der Waals surface area contributed by atoms with Crippen LogP contribution in [0, 0.1) is 10.1 Å². The normalized spacial score (nSPS) is 9.40. The average Bonchev–Trinajstić information content (AvgIpc) is 2.17. The van der Waals surface area contributed by atoms with Crippen LogP contribution >= 0.6 is 0 Å². The molecule has 0 saturated heterocycles. The van der Waals surface area contributed by atoms with Crippen LogP contribution in [0.1, 0.15) is 12.5 Å². The van der Waals surface area contributed by atoms with Crippen LogP contribution < -0.4 is 5.32 Å². The number of amides is 1. The number of nitrogens with zero attached hydrogens (tertiary/aromatic N) is 1. The number of benzene rings is 1. The predicted molar refractivity (Wildman–Crippen MR) is 57.5 cm³/mol. The van der Waals surface area contributed by atoms with Gasteiger partial charge in [0.1, 0.15) is 5.69 Å². The molecule has 0 spiro atoms. The fourth-order valence-corrected chi connectivity index (χ4v) is 1.12. The van der Waals surface area contributed by atoms with Gasteiger partial charge in [-0.15, -0.1) is 0 Å². The van der Waals surface area contributed by atoms with Crippen molar-refractivity contribution in [1.82, 2.24) is 0 Å². The lowest BCUT2D eigenvalue weighted by atomic mass is 10.1. The van der Waals surface area contributed by atoms with E-state index < -0.39 is 4.92 Å². The fourth-order valence-electron chi connectivity index (χ4n) is 1.12. The standard InChI is InChI=1S/C10H10N2O3/c1-3-8-4-5-9(11-7(2)13)10(6-8)12(14)15/h3-6H,1H2,2H3,(H,11,13). The van der Waals surface area contributed by atoms with E-state index in [0.717, 1.165) is 0 Å². The van der Waals surface area contributed by atoms with E-state index in [2.05, 4.69) is 11.9 Å². The first-order chi connectivity index (χ1) is 7.04. The van der Waals surface area contributed by atoms with E-state index >= 15 is 0 Å². The van der Waals surface area contributed by atoms with Crippen LogP contribution in [0.5, 0.6) is 0 Å². The Kier molecular flexibility index (Phi) is 3.17. The summed E-state index contributed by atoms with van der Waals surface area (Å²) in [4.78, 5) is 20.9. The van der Waals surface area contributed by atoms with Crippen LogP contribution in [0.2, 0.25) is 0 Å². The molecular formula is C10H10N2O3. The highest BCUT2D eigenvalue weighted by atomic mass is 16.6. The topological polar surface area (TPSA) is 72.2 Å². The number of rotatable bonds is 3. The van der Waals surface area contributed by atoms with E-state index in [-0.39, 0.29) is 17.3 Å². The molecule has 1 rings (SSSR count). The van der Waals surface area contributed by atoms with Crippen molar-refractivity contribution < 1.29 is 9.72 Å². The molecular weight excluding hydrogens is 196 g/mol. The Morgan fingerprint density at radius 1 is 1.60 bits per heavy atom. The van der Waals surface area contributed by atoms with Gasteiger partial charge in [0.25, 0.3) is 5.69 Å². The van der Waals surface area contributed by atoms with Gasteiger partial charge in [0, 0.05) is 13.0 Å². The lowest BCUT2D eigenvalue weighted by molar-refractivity contribution is -0.383. The SMILES string of the molecule is C=Cc1ccc(NC(C)=O)c([N+](=O)[O-])c1. The quantitative estimate of drug-likeness (QED) is 0.608. The lowest BCUT2D eigenvalue weighted by Crippen LogP contribution is -2.07. The van der Waals surface area contributed by atoms with Gasteiger partial charge in [-0.1, -0.05) is 18.7 Å². The largest absolute Gasteiger partial charge is 0.321 e. The molecule has 5 nitrogen and oxygen atoms in total. The van der Waals surface area contributed by atoms with E-state index in [4.69, 9.17) is 0 Å². The summed E-state index contributed by atoms with van der Waals surface area (Å²) in [6.45, 7) is 4.81. The van der Waals surface area contributed by atoms with Gasteiger partial charge in [-0.3, -0.25) is 14.9 Å². The lowest BCUT2D eigenvalue weighted by Gasteiger charge is -2.03. The molecule has 0 aliphatic carbocycles. The van der Waals surface area contributed by atoms with Gasteiger partial charge < -0.3 is 5.32 Å². The van der Waals surface area contributed by atoms with Gasteiger partial charge in [0.2, 0.25) is 5.91 Å². The number of nitro groups is 1. The summed E-state index contributed by atoms with van der Waals surface area (Å²) < 4.78 is 0. The maximum absolute atomic E-state index is 10.8. The first-order valence-corrected chi connectivity index (χ1v) is 4.23. The maximum Gasteiger partial charge on any atom is 0.293 e. The van der Waals surface area contributed by atoms with Crippen molar-refractivity contribution in [3.63, 3.8) is 0 Å². The second-order valence-electron chi connectivity index (χ2n) is 2.92. The molecule has 5 heteroatoms. The highest BCUT2D eigenvalue weighted by Gasteiger charge is 2.14. The number of carbonyl (C=O) groups is 1. The second kappa shape index (κ2) is 4.36. The minimum absolute atomic E-state index is 0.136. The van der Waals surface area contributed by atoms with Crippen molar-refractivity contribution in [1.29, 1.82) is 0 Å². The molecule has 15 heavy (non-hydrogen) atoms. The highest BCUT2D eigenvalue weighted by molar-refractivity contribution is 5.91. The summed E-state index contributed by atoms with van der Waals surface area (Å²) >= 11 is 0. The maximum atomic E-state index is 10.8. The Hall–Kier alpha value is -2.17. The van der Waals surface area contributed by atoms with E-state index in [9.17, 15) is 14.9 Å². The molecule has 0 atom stereocenters. The number of nitrogens with one attached hydrogen (secondary N) is 1. The minimum Gasteiger partial charge on any atom is -0.321 e. The number of hydrogen-bond acceptors (Lipinski definition) is 3. The van der Waals surface area contributed by atoms with Crippen LogP contribution in [0.25, 0.3) is 6.08 Å². The summed E-state index contributed by atoms with van der Waals surface area (Å²) in [7, 11) is 0. The Morgan fingerprint density at radius 3 is 2.73 bits per heavy atom. The van der Waals surface area contributed by atoms with Crippen molar-refractivity contribution in [2.75, 3.05) is 5.32 Å². The van der Waals surface area contributed by atoms with Crippen molar-refractivity contribution in [3.8, 4) is 0 Å². The third kappa shape index (κ3) is 2.63. The van der Waals surface area contributed by atoms with Gasteiger partial charge in [-0.05, 0) is 11.6 Å². The summed E-state index contributed by atoms with van der Waals surface area (Å²) in [5.74, 6) is -0.343. The Morgan fingerprint density at radius 2 is 2.27 bits per heavy atom. The van der Waals surface area contributed by atoms with Gasteiger partial charge in [-0.2, -0.15) is 0 Å². The van der Waals surface area contributed by atoms with Crippen molar-refractivity contribution in [2.45, 2.75) is 6.92 Å². The summed E-state index contributed by atoms with van der Waals surface area (Å²) in [6.07, 6.45) is 1.50. The zero-order valence-electron chi connectivity index (χ0n) is 8.19. The second-order valence-corrected chi connectivity index (χ2v) is 2.92. The molecule has 78 valence electrons. The average molecular weight is 206 g/mol. The number of carbonyl (C=O) groups excluding carboxylic acids is 1. The summed E-state index contributed by atoms with van der Waals surface area (Å²) in [6, 6.07) is 4.49. The van der Waals surface area contributed by atoms with Crippen molar-refractivity contribution in [2.24, 2.45) is 0 Å². The molecule has 1 N–H and O–H groups in total. The van der Waals surface area contributed by atoms with Crippen LogP contribution in [0.3, 0.4) is 0 Å². The van der Waals surface area contributed by atoms with E-state index in [1.165, 1.54) is 25.1 Å². The van der Waals surface area contributed by atoms with Crippen molar-refractivity contribution >= 4 is 23.4 Å². The third-order valence-electron chi connectivity index (χ3n) is 1.76. The molecule has 0 aliphatic heterocycles. The van der Waals surface area contributed by atoms with E-state index in [0.29, 0.717) is 5.56 Å². The van der Waals surface area contributed by atoms with Gasteiger partial charge in [0.15, 0.2) is 0 Å².